The fourth-order valence-electron chi connectivity index (χ4n) is 3.78. The summed E-state index contributed by atoms with van der Waals surface area (Å²) in [7, 11) is 3.26. The Morgan fingerprint density at radius 1 is 1.12 bits per heavy atom. The maximum atomic E-state index is 6.30. The lowest BCUT2D eigenvalue weighted by Crippen LogP contribution is -2.09. The standard InChI is InChI=1S/C23H19ClN6O2/c1-14-21(32-3)9-6-16(26-14)5-7-18-20-11-29-22(12-31-2)27-28-23(29)17-10-15(24)4-8-19(17)30(20)13-25-18/h4,6,8-10,13H,11-12H2,1-3H3. The van der Waals surface area contributed by atoms with E-state index in [1.165, 1.54) is 0 Å². The molecule has 0 unspecified atom stereocenters. The van der Waals surface area contributed by atoms with Crippen LogP contribution in [-0.4, -0.2) is 43.5 Å². The minimum atomic E-state index is 0.340. The van der Waals surface area contributed by atoms with Gasteiger partial charge in [-0.1, -0.05) is 11.6 Å². The monoisotopic (exact) mass is 446 g/mol. The smallest absolute Gasteiger partial charge is 0.166 e. The highest BCUT2D eigenvalue weighted by Crippen LogP contribution is 2.34. The molecule has 0 N–H and O–H groups in total. The molecular weight excluding hydrogens is 428 g/mol. The molecule has 0 bridgehead atoms. The number of hydrogen-bond donors (Lipinski definition) is 0. The average Bonchev–Trinajstić information content (AvgIpc) is 3.34. The second-order valence-electron chi connectivity index (χ2n) is 7.26. The number of fused-ring (bicyclic) bond motifs is 5. The van der Waals surface area contributed by atoms with Crippen molar-refractivity contribution >= 4 is 11.6 Å². The molecule has 0 aliphatic carbocycles. The maximum Gasteiger partial charge on any atom is 0.166 e. The molecule has 8 nitrogen and oxygen atoms in total. The molecule has 0 atom stereocenters. The van der Waals surface area contributed by atoms with Gasteiger partial charge in [0.05, 0.1) is 30.7 Å². The van der Waals surface area contributed by atoms with Crippen LogP contribution in [0, 0.1) is 18.8 Å². The van der Waals surface area contributed by atoms with Gasteiger partial charge in [-0.25, -0.2) is 9.97 Å². The lowest BCUT2D eigenvalue weighted by atomic mass is 10.1. The topological polar surface area (TPSA) is 79.9 Å². The first kappa shape index (κ1) is 20.2. The third kappa shape index (κ3) is 3.42. The molecule has 160 valence electrons. The second-order valence-corrected chi connectivity index (χ2v) is 7.70. The zero-order valence-electron chi connectivity index (χ0n) is 17.8. The van der Waals surface area contributed by atoms with Gasteiger partial charge in [0.1, 0.15) is 30.1 Å². The molecule has 4 aromatic rings. The Hall–Kier alpha value is -3.67. The van der Waals surface area contributed by atoms with Crippen molar-refractivity contribution in [3.05, 3.63) is 70.3 Å². The molecule has 32 heavy (non-hydrogen) atoms. The lowest BCUT2D eigenvalue weighted by Gasteiger charge is -2.08. The Bertz CT molecular complexity index is 1400. The van der Waals surface area contributed by atoms with E-state index in [-0.39, 0.29) is 0 Å². The zero-order valence-corrected chi connectivity index (χ0v) is 18.5. The van der Waals surface area contributed by atoms with E-state index >= 15 is 0 Å². The first-order chi connectivity index (χ1) is 15.6. The number of pyridine rings is 1. The van der Waals surface area contributed by atoms with Crippen molar-refractivity contribution in [1.29, 1.82) is 0 Å². The van der Waals surface area contributed by atoms with Crippen molar-refractivity contribution in [2.45, 2.75) is 20.1 Å². The third-order valence-electron chi connectivity index (χ3n) is 5.30. The van der Waals surface area contributed by atoms with Crippen LogP contribution in [0.3, 0.4) is 0 Å². The Labute approximate surface area is 189 Å². The quantitative estimate of drug-likeness (QED) is 0.395. The maximum absolute atomic E-state index is 6.30. The van der Waals surface area contributed by atoms with Crippen LogP contribution >= 0.6 is 11.6 Å². The highest BCUT2D eigenvalue weighted by Gasteiger charge is 2.25. The van der Waals surface area contributed by atoms with Gasteiger partial charge in [0, 0.05) is 17.7 Å². The first-order valence-corrected chi connectivity index (χ1v) is 10.3. The van der Waals surface area contributed by atoms with Gasteiger partial charge >= 0.3 is 0 Å². The molecule has 3 aromatic heterocycles. The molecule has 5 rings (SSSR count). The molecule has 9 heteroatoms. The van der Waals surface area contributed by atoms with Crippen molar-refractivity contribution in [2.24, 2.45) is 0 Å². The summed E-state index contributed by atoms with van der Waals surface area (Å²) < 4.78 is 14.6. The van der Waals surface area contributed by atoms with Gasteiger partial charge in [-0.05, 0) is 49.1 Å². The van der Waals surface area contributed by atoms with Crippen molar-refractivity contribution < 1.29 is 9.47 Å². The lowest BCUT2D eigenvalue weighted by molar-refractivity contribution is 0.174. The molecular formula is C23H19ClN6O2. The molecule has 1 aliphatic rings. The molecule has 0 saturated carbocycles. The summed E-state index contributed by atoms with van der Waals surface area (Å²) in [5.41, 5.74) is 4.80. The largest absolute Gasteiger partial charge is 0.495 e. The summed E-state index contributed by atoms with van der Waals surface area (Å²) in [5, 5.41) is 9.36. The molecule has 0 fully saturated rings. The van der Waals surface area contributed by atoms with Crippen molar-refractivity contribution in [3.8, 4) is 34.7 Å². The highest BCUT2D eigenvalue weighted by atomic mass is 35.5. The van der Waals surface area contributed by atoms with Gasteiger partial charge < -0.3 is 14.0 Å². The Balaban J connectivity index is 1.64. The Morgan fingerprint density at radius 3 is 2.78 bits per heavy atom. The molecule has 4 heterocycles. The summed E-state index contributed by atoms with van der Waals surface area (Å²) in [4.78, 5) is 9.08. The van der Waals surface area contributed by atoms with Crippen LogP contribution in [0.25, 0.3) is 17.1 Å². The number of aryl methyl sites for hydroxylation is 1. The van der Waals surface area contributed by atoms with Crippen molar-refractivity contribution in [1.82, 2.24) is 29.3 Å². The first-order valence-electron chi connectivity index (χ1n) is 9.90. The van der Waals surface area contributed by atoms with E-state index in [9.17, 15) is 0 Å². The molecule has 1 aromatic carbocycles. The van der Waals surface area contributed by atoms with Crippen molar-refractivity contribution in [3.63, 3.8) is 0 Å². The van der Waals surface area contributed by atoms with E-state index in [0.717, 1.165) is 40.0 Å². The summed E-state index contributed by atoms with van der Waals surface area (Å²) in [6, 6.07) is 9.38. The van der Waals surface area contributed by atoms with E-state index in [4.69, 9.17) is 21.1 Å². The van der Waals surface area contributed by atoms with E-state index in [1.807, 2.05) is 46.4 Å². The fraction of sp³-hybridized carbons (Fsp3) is 0.217. The molecule has 0 radical (unpaired) electrons. The Morgan fingerprint density at radius 2 is 2.00 bits per heavy atom. The summed E-state index contributed by atoms with van der Waals surface area (Å²) in [6.07, 6.45) is 1.77. The number of ether oxygens (including phenoxy) is 2. The van der Waals surface area contributed by atoms with Crippen LogP contribution in [0.5, 0.6) is 5.75 Å². The van der Waals surface area contributed by atoms with Gasteiger partial charge in [0.15, 0.2) is 11.6 Å². The van der Waals surface area contributed by atoms with Gasteiger partial charge in [-0.15, -0.1) is 10.2 Å². The van der Waals surface area contributed by atoms with Crippen LogP contribution in [0.2, 0.25) is 5.02 Å². The number of benzene rings is 1. The normalized spacial score (nSPS) is 11.6. The number of imidazole rings is 1. The summed E-state index contributed by atoms with van der Waals surface area (Å²) in [5.74, 6) is 8.48. The van der Waals surface area contributed by atoms with Gasteiger partial charge in [0.25, 0.3) is 0 Å². The highest BCUT2D eigenvalue weighted by molar-refractivity contribution is 6.31. The van der Waals surface area contributed by atoms with E-state index in [1.54, 1.807) is 20.5 Å². The second kappa shape index (κ2) is 8.11. The molecule has 0 saturated heterocycles. The van der Waals surface area contributed by atoms with E-state index in [2.05, 4.69) is 32.0 Å². The predicted octanol–water partition coefficient (Wildman–Crippen LogP) is 3.40. The predicted molar refractivity (Wildman–Crippen MR) is 119 cm³/mol. The van der Waals surface area contributed by atoms with E-state index in [0.29, 0.717) is 29.6 Å². The van der Waals surface area contributed by atoms with Crippen LogP contribution in [0.1, 0.15) is 28.6 Å². The number of rotatable bonds is 3. The average molecular weight is 447 g/mol. The van der Waals surface area contributed by atoms with Gasteiger partial charge in [0.2, 0.25) is 0 Å². The molecule has 0 amide bonds. The molecule has 0 spiro atoms. The zero-order chi connectivity index (χ0) is 22.2. The number of hydrogen-bond acceptors (Lipinski definition) is 6. The Kier molecular flexibility index (Phi) is 5.13. The number of nitrogens with zero attached hydrogens (tertiary/aromatic N) is 6. The molecule has 1 aliphatic heterocycles. The third-order valence-corrected chi connectivity index (χ3v) is 5.54. The minimum Gasteiger partial charge on any atom is -0.495 e. The fourth-order valence-corrected chi connectivity index (χ4v) is 3.95. The number of aromatic nitrogens is 6. The van der Waals surface area contributed by atoms with Crippen molar-refractivity contribution in [2.75, 3.05) is 14.2 Å². The summed E-state index contributed by atoms with van der Waals surface area (Å²) >= 11 is 6.30. The van der Waals surface area contributed by atoms with Crippen LogP contribution < -0.4 is 4.74 Å². The number of halogens is 1. The van der Waals surface area contributed by atoms with E-state index < -0.39 is 0 Å². The van der Waals surface area contributed by atoms with Gasteiger partial charge in [-0.2, -0.15) is 0 Å². The summed E-state index contributed by atoms with van der Waals surface area (Å²) in [6.45, 7) is 2.72. The van der Waals surface area contributed by atoms with Crippen LogP contribution in [0.4, 0.5) is 0 Å². The SMILES string of the molecule is COCc1nnc2n1Cc1c(C#Cc3ccc(OC)c(C)n3)ncn1-c1ccc(Cl)cc1-2. The van der Waals surface area contributed by atoms with Crippen LogP contribution in [0.15, 0.2) is 36.7 Å². The van der Waals surface area contributed by atoms with Gasteiger partial charge in [-0.3, -0.25) is 4.57 Å². The minimum absolute atomic E-state index is 0.340. The number of methoxy groups -OCH3 is 2. The van der Waals surface area contributed by atoms with Crippen LogP contribution in [-0.2, 0) is 17.9 Å².